The van der Waals surface area contributed by atoms with E-state index in [4.69, 9.17) is 9.47 Å². The van der Waals surface area contributed by atoms with Crippen molar-refractivity contribution in [2.24, 2.45) is 5.92 Å². The maximum atomic E-state index is 11.4. The van der Waals surface area contributed by atoms with Gasteiger partial charge < -0.3 is 9.47 Å². The first kappa shape index (κ1) is 13.4. The fourth-order valence-corrected chi connectivity index (χ4v) is 2.18. The fraction of sp³-hybridized carbons (Fsp3) is 0.312. The third-order valence-corrected chi connectivity index (χ3v) is 3.34. The number of methoxy groups -OCH3 is 2. The predicted molar refractivity (Wildman–Crippen MR) is 74.9 cm³/mol. The second-order valence-electron chi connectivity index (χ2n) is 4.53. The van der Waals surface area contributed by atoms with E-state index in [1.807, 2.05) is 30.3 Å². The molecule has 0 bridgehead atoms. The van der Waals surface area contributed by atoms with Crippen LogP contribution in [-0.2, 0) is 9.53 Å². The summed E-state index contributed by atoms with van der Waals surface area (Å²) in [6, 6.07) is 7.82. The maximum absolute atomic E-state index is 11.4. The topological polar surface area (TPSA) is 35.5 Å². The van der Waals surface area contributed by atoms with Gasteiger partial charge in [-0.3, -0.25) is 4.79 Å². The van der Waals surface area contributed by atoms with E-state index < -0.39 is 0 Å². The molecule has 1 aromatic rings. The molecule has 0 heterocycles. The number of carbonyl (C=O) groups is 1. The molecule has 0 aromatic heterocycles. The van der Waals surface area contributed by atoms with Gasteiger partial charge >= 0.3 is 0 Å². The van der Waals surface area contributed by atoms with E-state index in [-0.39, 0.29) is 11.7 Å². The van der Waals surface area contributed by atoms with Crippen molar-refractivity contribution in [2.45, 2.75) is 13.3 Å². The number of hydrogen-bond acceptors (Lipinski definition) is 3. The van der Waals surface area contributed by atoms with Crippen LogP contribution in [0.15, 0.2) is 42.2 Å². The van der Waals surface area contributed by atoms with Crippen LogP contribution >= 0.6 is 0 Å². The van der Waals surface area contributed by atoms with Crippen molar-refractivity contribution < 1.29 is 14.3 Å². The normalized spacial score (nSPS) is 18.4. The third kappa shape index (κ3) is 2.87. The summed E-state index contributed by atoms with van der Waals surface area (Å²) in [6.45, 7) is 1.61. The molecule has 1 aliphatic carbocycles. The molecule has 3 heteroatoms. The number of benzene rings is 1. The molecule has 2 rings (SSSR count). The predicted octanol–water partition coefficient (Wildman–Crippen LogP) is 3.22. The molecule has 1 aromatic carbocycles. The molecule has 0 saturated heterocycles. The van der Waals surface area contributed by atoms with Crippen molar-refractivity contribution in [2.75, 3.05) is 14.2 Å². The van der Waals surface area contributed by atoms with Gasteiger partial charge in [0, 0.05) is 11.5 Å². The second kappa shape index (κ2) is 5.74. The van der Waals surface area contributed by atoms with Crippen molar-refractivity contribution in [1.82, 2.24) is 0 Å². The Bertz CT molecular complexity index is 523. The summed E-state index contributed by atoms with van der Waals surface area (Å²) in [5.41, 5.74) is 2.10. The van der Waals surface area contributed by atoms with E-state index in [0.29, 0.717) is 0 Å². The first-order valence-electron chi connectivity index (χ1n) is 6.27. The molecule has 3 nitrogen and oxygen atoms in total. The van der Waals surface area contributed by atoms with Crippen LogP contribution in [0.25, 0.3) is 5.57 Å². The van der Waals surface area contributed by atoms with Crippen LogP contribution in [0.1, 0.15) is 18.9 Å². The zero-order chi connectivity index (χ0) is 13.8. The molecule has 0 spiro atoms. The van der Waals surface area contributed by atoms with E-state index in [2.05, 4.69) is 6.08 Å². The molecule has 19 heavy (non-hydrogen) atoms. The van der Waals surface area contributed by atoms with Crippen molar-refractivity contribution in [3.05, 3.63) is 47.7 Å². The summed E-state index contributed by atoms with van der Waals surface area (Å²) in [6.07, 6.45) is 4.69. The lowest BCUT2D eigenvalue weighted by molar-refractivity contribution is -0.119. The number of allylic oxidation sites excluding steroid dienone is 3. The van der Waals surface area contributed by atoms with Gasteiger partial charge in [-0.1, -0.05) is 18.2 Å². The van der Waals surface area contributed by atoms with Gasteiger partial charge in [-0.15, -0.1) is 0 Å². The van der Waals surface area contributed by atoms with E-state index in [1.165, 1.54) is 0 Å². The Labute approximate surface area is 113 Å². The molecule has 0 fully saturated rings. The van der Waals surface area contributed by atoms with Crippen LogP contribution < -0.4 is 4.74 Å². The summed E-state index contributed by atoms with van der Waals surface area (Å²) >= 11 is 0. The minimum atomic E-state index is -0.0723. The molecular weight excluding hydrogens is 240 g/mol. The number of hydrogen-bond donors (Lipinski definition) is 0. The molecule has 1 unspecified atom stereocenters. The molecule has 1 atom stereocenters. The smallest absolute Gasteiger partial charge is 0.137 e. The SMILES string of the molecule is COC1=CC(C(C)=O)CC=C1c1ccc(OC)cc1. The quantitative estimate of drug-likeness (QED) is 0.831. The summed E-state index contributed by atoms with van der Waals surface area (Å²) in [7, 11) is 3.28. The number of ketones is 1. The van der Waals surface area contributed by atoms with Crippen LogP contribution in [0, 0.1) is 5.92 Å². The van der Waals surface area contributed by atoms with E-state index in [0.717, 1.165) is 29.1 Å². The van der Waals surface area contributed by atoms with Gasteiger partial charge in [-0.05, 0) is 37.1 Å². The Kier molecular flexibility index (Phi) is 4.05. The lowest BCUT2D eigenvalue weighted by Gasteiger charge is -2.19. The minimum Gasteiger partial charge on any atom is -0.497 e. The maximum Gasteiger partial charge on any atom is 0.137 e. The summed E-state index contributed by atoms with van der Waals surface area (Å²) in [5, 5.41) is 0. The molecular formula is C16H18O3. The van der Waals surface area contributed by atoms with Gasteiger partial charge in [-0.25, -0.2) is 0 Å². The minimum absolute atomic E-state index is 0.0723. The van der Waals surface area contributed by atoms with Gasteiger partial charge in [0.15, 0.2) is 0 Å². The highest BCUT2D eigenvalue weighted by Gasteiger charge is 2.20. The Morgan fingerprint density at radius 1 is 1.16 bits per heavy atom. The van der Waals surface area contributed by atoms with Crippen LogP contribution in [0.5, 0.6) is 5.75 Å². The Morgan fingerprint density at radius 2 is 1.84 bits per heavy atom. The van der Waals surface area contributed by atoms with E-state index >= 15 is 0 Å². The van der Waals surface area contributed by atoms with Crippen LogP contribution in [0.4, 0.5) is 0 Å². The second-order valence-corrected chi connectivity index (χ2v) is 4.53. The third-order valence-electron chi connectivity index (χ3n) is 3.34. The first-order valence-corrected chi connectivity index (χ1v) is 6.27. The molecule has 0 aliphatic heterocycles. The van der Waals surface area contributed by atoms with E-state index in [9.17, 15) is 4.79 Å². The molecule has 1 aliphatic rings. The zero-order valence-electron chi connectivity index (χ0n) is 11.5. The average molecular weight is 258 g/mol. The van der Waals surface area contributed by atoms with E-state index in [1.54, 1.807) is 21.1 Å². The monoisotopic (exact) mass is 258 g/mol. The number of ether oxygens (including phenoxy) is 2. The summed E-state index contributed by atoms with van der Waals surface area (Å²) in [5.74, 6) is 1.68. The lowest BCUT2D eigenvalue weighted by Crippen LogP contribution is -2.12. The van der Waals surface area contributed by atoms with Crippen molar-refractivity contribution in [3.63, 3.8) is 0 Å². The van der Waals surface area contributed by atoms with Crippen LogP contribution in [0.3, 0.4) is 0 Å². The molecule has 100 valence electrons. The van der Waals surface area contributed by atoms with Gasteiger partial charge in [0.2, 0.25) is 0 Å². The number of carbonyl (C=O) groups excluding carboxylic acids is 1. The highest BCUT2D eigenvalue weighted by Crippen LogP contribution is 2.32. The van der Waals surface area contributed by atoms with Crippen LogP contribution in [0.2, 0.25) is 0 Å². The van der Waals surface area contributed by atoms with Crippen molar-refractivity contribution in [3.8, 4) is 5.75 Å². The highest BCUT2D eigenvalue weighted by molar-refractivity contribution is 5.85. The van der Waals surface area contributed by atoms with Gasteiger partial charge in [0.05, 0.1) is 14.2 Å². The summed E-state index contributed by atoms with van der Waals surface area (Å²) < 4.78 is 10.6. The largest absolute Gasteiger partial charge is 0.497 e. The fourth-order valence-electron chi connectivity index (χ4n) is 2.18. The first-order chi connectivity index (χ1) is 9.15. The number of Topliss-reactive ketones (excluding diaryl/α,β-unsaturated/α-hetero) is 1. The van der Waals surface area contributed by atoms with Gasteiger partial charge in [-0.2, -0.15) is 0 Å². The van der Waals surface area contributed by atoms with Crippen LogP contribution in [-0.4, -0.2) is 20.0 Å². The highest BCUT2D eigenvalue weighted by atomic mass is 16.5. The molecule has 0 saturated carbocycles. The Hall–Kier alpha value is -2.03. The van der Waals surface area contributed by atoms with Crippen molar-refractivity contribution in [1.29, 1.82) is 0 Å². The molecule has 0 radical (unpaired) electrons. The number of rotatable bonds is 4. The Morgan fingerprint density at radius 3 is 2.37 bits per heavy atom. The zero-order valence-corrected chi connectivity index (χ0v) is 11.5. The molecule has 0 amide bonds. The Balaban J connectivity index is 2.29. The standard InChI is InChI=1S/C16H18O3/c1-11(17)13-6-9-15(16(10-13)19-3)12-4-7-14(18-2)8-5-12/h4-5,7-10,13H,6H2,1-3H3. The average Bonchev–Trinajstić information content (AvgIpc) is 2.46. The van der Waals surface area contributed by atoms with Gasteiger partial charge in [0.25, 0.3) is 0 Å². The molecule has 0 N–H and O–H groups in total. The summed E-state index contributed by atoms with van der Waals surface area (Å²) in [4.78, 5) is 11.4. The lowest BCUT2D eigenvalue weighted by atomic mass is 9.89. The van der Waals surface area contributed by atoms with Gasteiger partial charge in [0.1, 0.15) is 17.3 Å². The van der Waals surface area contributed by atoms with Crippen molar-refractivity contribution >= 4 is 11.4 Å².